The molecule has 1 N–H and O–H groups in total. The van der Waals surface area contributed by atoms with Crippen molar-refractivity contribution in [3.63, 3.8) is 0 Å². The number of aliphatic hydroxyl groups is 1. The minimum Gasteiger partial charge on any atom is -0.426 e. The van der Waals surface area contributed by atoms with Crippen molar-refractivity contribution in [2.45, 2.75) is 13.0 Å². The molecule has 1 aliphatic rings. The normalized spacial score (nSPS) is 16.9. The number of rotatable bonds is 6. The molecule has 0 bridgehead atoms. The number of nitrogens with zero attached hydrogens (tertiary/aromatic N) is 4. The molecule has 0 aromatic heterocycles. The average molecular weight is 440 g/mol. The molecule has 9 heteroatoms. The highest BCUT2D eigenvalue weighted by Crippen LogP contribution is 2.20. The molecule has 0 fully saturated rings. The highest BCUT2D eigenvalue weighted by atomic mass is 19.1. The van der Waals surface area contributed by atoms with Crippen molar-refractivity contribution in [2.75, 3.05) is 26.9 Å². The number of carbonyl (C=O) groups is 2. The van der Waals surface area contributed by atoms with Gasteiger partial charge in [0.15, 0.2) is 0 Å². The van der Waals surface area contributed by atoms with E-state index in [-0.39, 0.29) is 50.3 Å². The Bertz CT molecular complexity index is 995. The van der Waals surface area contributed by atoms with Gasteiger partial charge in [-0.15, -0.1) is 0 Å². The molecular weight excluding hydrogens is 415 g/mol. The molecule has 1 aliphatic heterocycles. The third kappa shape index (κ3) is 5.50. The summed E-state index contributed by atoms with van der Waals surface area (Å²) in [6, 6.07) is 14.2. The number of ether oxygens (including phenoxy) is 1. The van der Waals surface area contributed by atoms with Gasteiger partial charge in [0.05, 0.1) is 6.54 Å². The van der Waals surface area contributed by atoms with E-state index >= 15 is 0 Å². The standard InChI is InChI=1S/C23H25FN4O4/c1-17-21(30)27(13-6-14-29)23(31)26(2)16-25-22(32-20-7-4-3-5-8-20)28(17)15-18-9-11-19(24)12-10-18/h3-5,7-12,29H,1,6,13-16H2,2H3/b25-22+. The van der Waals surface area contributed by atoms with Gasteiger partial charge in [-0.3, -0.25) is 14.6 Å². The van der Waals surface area contributed by atoms with Gasteiger partial charge in [-0.25, -0.2) is 14.2 Å². The summed E-state index contributed by atoms with van der Waals surface area (Å²) in [4.78, 5) is 34.3. The Morgan fingerprint density at radius 2 is 1.78 bits per heavy atom. The van der Waals surface area contributed by atoms with Gasteiger partial charge in [0.25, 0.3) is 11.9 Å². The van der Waals surface area contributed by atoms with Crippen LogP contribution in [0.15, 0.2) is 71.9 Å². The van der Waals surface area contributed by atoms with Gasteiger partial charge in [0, 0.05) is 20.2 Å². The maximum absolute atomic E-state index is 13.4. The zero-order chi connectivity index (χ0) is 23.1. The molecule has 3 amide bonds. The molecule has 0 radical (unpaired) electrons. The summed E-state index contributed by atoms with van der Waals surface area (Å²) in [5.74, 6) is -0.533. The van der Waals surface area contributed by atoms with Gasteiger partial charge in [0.1, 0.15) is 23.9 Å². The molecule has 0 saturated carbocycles. The topological polar surface area (TPSA) is 85.7 Å². The Balaban J connectivity index is 2.01. The number of carbonyl (C=O) groups excluding carboxylic acids is 2. The summed E-state index contributed by atoms with van der Waals surface area (Å²) in [5.41, 5.74) is 0.649. The van der Waals surface area contributed by atoms with Crippen molar-refractivity contribution in [2.24, 2.45) is 4.99 Å². The third-order valence-corrected chi connectivity index (χ3v) is 4.77. The quantitative estimate of drug-likeness (QED) is 0.699. The van der Waals surface area contributed by atoms with Crippen LogP contribution in [0, 0.1) is 5.82 Å². The number of amidine groups is 1. The van der Waals surface area contributed by atoms with Crippen molar-refractivity contribution in [3.05, 3.63) is 78.3 Å². The zero-order valence-corrected chi connectivity index (χ0v) is 17.8. The first kappa shape index (κ1) is 23.0. The van der Waals surface area contributed by atoms with Crippen LogP contribution in [-0.2, 0) is 11.3 Å². The lowest BCUT2D eigenvalue weighted by Gasteiger charge is -2.29. The van der Waals surface area contributed by atoms with Gasteiger partial charge < -0.3 is 14.7 Å². The Morgan fingerprint density at radius 3 is 2.44 bits per heavy atom. The highest BCUT2D eigenvalue weighted by molar-refractivity contribution is 6.05. The number of hydrogen-bond acceptors (Lipinski definition) is 6. The van der Waals surface area contributed by atoms with Crippen LogP contribution in [0.4, 0.5) is 9.18 Å². The summed E-state index contributed by atoms with van der Waals surface area (Å²) in [6.45, 7) is 3.80. The number of halogens is 1. The molecular formula is C23H25FN4O4. The van der Waals surface area contributed by atoms with Crippen LogP contribution in [-0.4, -0.2) is 64.6 Å². The number of para-hydroxylation sites is 1. The predicted octanol–water partition coefficient (Wildman–Crippen LogP) is 2.81. The molecule has 0 unspecified atom stereocenters. The minimum atomic E-state index is -0.635. The first-order valence-corrected chi connectivity index (χ1v) is 10.1. The Kier molecular flexibility index (Phi) is 7.56. The SMILES string of the molecule is C=C1C(=O)N(CCCO)C(=O)N(C)C/N=C(/Oc2ccccc2)N1Cc1ccc(F)cc1. The maximum Gasteiger partial charge on any atom is 0.328 e. The van der Waals surface area contributed by atoms with E-state index in [1.54, 1.807) is 36.4 Å². The lowest BCUT2D eigenvalue weighted by Crippen LogP contribution is -2.47. The van der Waals surface area contributed by atoms with Crippen LogP contribution < -0.4 is 4.74 Å². The van der Waals surface area contributed by atoms with E-state index in [0.717, 1.165) is 4.90 Å². The van der Waals surface area contributed by atoms with E-state index in [0.29, 0.717) is 11.3 Å². The Morgan fingerprint density at radius 1 is 1.09 bits per heavy atom. The van der Waals surface area contributed by atoms with Crippen LogP contribution in [0.5, 0.6) is 5.75 Å². The van der Waals surface area contributed by atoms with Crippen LogP contribution in [0.2, 0.25) is 0 Å². The van der Waals surface area contributed by atoms with Gasteiger partial charge in [-0.05, 0) is 36.2 Å². The van der Waals surface area contributed by atoms with E-state index in [1.807, 2.05) is 6.07 Å². The summed E-state index contributed by atoms with van der Waals surface area (Å²) >= 11 is 0. The summed E-state index contributed by atoms with van der Waals surface area (Å²) < 4.78 is 19.4. The third-order valence-electron chi connectivity index (χ3n) is 4.77. The average Bonchev–Trinajstić information content (AvgIpc) is 2.83. The number of hydrogen-bond donors (Lipinski definition) is 1. The summed E-state index contributed by atoms with van der Waals surface area (Å²) in [6.07, 6.45) is 0.227. The second-order valence-corrected chi connectivity index (χ2v) is 7.17. The molecule has 1 heterocycles. The molecule has 0 aliphatic carbocycles. The van der Waals surface area contributed by atoms with E-state index in [2.05, 4.69) is 11.6 Å². The van der Waals surface area contributed by atoms with E-state index in [1.165, 1.54) is 29.0 Å². The van der Waals surface area contributed by atoms with E-state index in [9.17, 15) is 19.1 Å². The van der Waals surface area contributed by atoms with Gasteiger partial charge in [-0.2, -0.15) is 0 Å². The van der Waals surface area contributed by atoms with Crippen LogP contribution in [0.25, 0.3) is 0 Å². The molecule has 2 aromatic rings. The molecule has 0 saturated heterocycles. The zero-order valence-electron chi connectivity index (χ0n) is 17.8. The van der Waals surface area contributed by atoms with Crippen molar-refractivity contribution in [1.29, 1.82) is 0 Å². The fourth-order valence-corrected chi connectivity index (χ4v) is 3.03. The first-order valence-electron chi connectivity index (χ1n) is 10.1. The van der Waals surface area contributed by atoms with Gasteiger partial charge in [0.2, 0.25) is 0 Å². The monoisotopic (exact) mass is 440 g/mol. The van der Waals surface area contributed by atoms with Crippen LogP contribution in [0.1, 0.15) is 12.0 Å². The lowest BCUT2D eigenvalue weighted by atomic mass is 10.2. The molecule has 168 valence electrons. The summed E-state index contributed by atoms with van der Waals surface area (Å²) in [5, 5.41) is 9.19. The van der Waals surface area contributed by atoms with Crippen LogP contribution in [0.3, 0.4) is 0 Å². The number of aliphatic imine (C=N–C) groups is 1. The lowest BCUT2D eigenvalue weighted by molar-refractivity contribution is -0.126. The van der Waals surface area contributed by atoms with Crippen molar-refractivity contribution in [3.8, 4) is 5.75 Å². The number of amides is 3. The number of aliphatic hydroxyl groups excluding tert-OH is 1. The molecule has 32 heavy (non-hydrogen) atoms. The highest BCUT2D eigenvalue weighted by Gasteiger charge is 2.32. The molecule has 8 nitrogen and oxygen atoms in total. The van der Waals surface area contributed by atoms with Crippen molar-refractivity contribution < 1.29 is 23.8 Å². The van der Waals surface area contributed by atoms with E-state index in [4.69, 9.17) is 4.74 Å². The minimum absolute atomic E-state index is 0.0246. The van der Waals surface area contributed by atoms with Crippen LogP contribution >= 0.6 is 0 Å². The van der Waals surface area contributed by atoms with E-state index < -0.39 is 11.9 Å². The second-order valence-electron chi connectivity index (χ2n) is 7.17. The van der Waals surface area contributed by atoms with Gasteiger partial charge in [-0.1, -0.05) is 36.9 Å². The molecule has 0 atom stereocenters. The first-order chi connectivity index (χ1) is 15.4. The number of imide groups is 1. The fraction of sp³-hybridized carbons (Fsp3) is 0.261. The smallest absolute Gasteiger partial charge is 0.328 e. The Hall–Kier alpha value is -3.72. The molecule has 2 aromatic carbocycles. The Labute approximate surface area is 185 Å². The maximum atomic E-state index is 13.4. The molecule has 3 rings (SSSR count). The fourth-order valence-electron chi connectivity index (χ4n) is 3.03. The van der Waals surface area contributed by atoms with Gasteiger partial charge >= 0.3 is 6.03 Å². The van der Waals surface area contributed by atoms with Crippen molar-refractivity contribution in [1.82, 2.24) is 14.7 Å². The predicted molar refractivity (Wildman–Crippen MR) is 117 cm³/mol. The number of benzene rings is 2. The van der Waals surface area contributed by atoms with Crippen molar-refractivity contribution >= 4 is 18.0 Å². The number of urea groups is 1. The largest absolute Gasteiger partial charge is 0.426 e. The second kappa shape index (κ2) is 10.5. The summed E-state index contributed by atoms with van der Waals surface area (Å²) in [7, 11) is 1.52. The molecule has 0 spiro atoms.